The highest BCUT2D eigenvalue weighted by atomic mass is 32.1. The first-order valence-electron chi connectivity index (χ1n) is 9.34. The molecule has 4 rings (SSSR count). The summed E-state index contributed by atoms with van der Waals surface area (Å²) < 4.78 is 3.28. The molecule has 0 radical (unpaired) electrons. The molecule has 1 amide bonds. The van der Waals surface area contributed by atoms with Crippen LogP contribution in [-0.4, -0.2) is 20.4 Å². The van der Waals surface area contributed by atoms with E-state index in [4.69, 9.17) is 0 Å². The van der Waals surface area contributed by atoms with Gasteiger partial charge in [0.05, 0.1) is 26.3 Å². The smallest absolute Gasteiger partial charge is 0.226 e. The first-order chi connectivity index (χ1) is 13.2. The molecule has 0 saturated carbocycles. The number of amides is 1. The second-order valence-corrected chi connectivity index (χ2v) is 7.67. The van der Waals surface area contributed by atoms with Gasteiger partial charge in [-0.3, -0.25) is 10.1 Å². The van der Waals surface area contributed by atoms with E-state index in [0.29, 0.717) is 12.4 Å². The lowest BCUT2D eigenvalue weighted by Crippen LogP contribution is -2.15. The summed E-state index contributed by atoms with van der Waals surface area (Å²) in [7, 11) is 0. The van der Waals surface area contributed by atoms with Gasteiger partial charge >= 0.3 is 0 Å². The highest BCUT2D eigenvalue weighted by molar-refractivity contribution is 7.18. The summed E-state index contributed by atoms with van der Waals surface area (Å²) in [6, 6.07) is 16.1. The molecule has 5 nitrogen and oxygen atoms in total. The first kappa shape index (κ1) is 17.7. The molecule has 2 heterocycles. The average Bonchev–Trinajstić information content (AvgIpc) is 3.23. The number of anilines is 1. The molecule has 0 atom stereocenters. The number of nitrogens with one attached hydrogen (secondary N) is 1. The Balaban J connectivity index is 1.39. The third-order valence-electron chi connectivity index (χ3n) is 4.49. The lowest BCUT2D eigenvalue weighted by Gasteiger charge is -2.08. The summed E-state index contributed by atoms with van der Waals surface area (Å²) in [5.74, 6) is 0.645. The van der Waals surface area contributed by atoms with Crippen LogP contribution in [-0.2, 0) is 17.8 Å². The van der Waals surface area contributed by atoms with Crippen molar-refractivity contribution in [3.63, 3.8) is 0 Å². The normalized spacial score (nSPS) is 11.3. The number of aromatic nitrogens is 3. The van der Waals surface area contributed by atoms with Gasteiger partial charge in [-0.05, 0) is 43.5 Å². The van der Waals surface area contributed by atoms with Crippen LogP contribution in [0.25, 0.3) is 21.3 Å². The fourth-order valence-corrected chi connectivity index (χ4v) is 4.24. The number of carbonyl (C=O) groups excluding carboxylic acids is 1. The second-order valence-electron chi connectivity index (χ2n) is 6.55. The minimum absolute atomic E-state index is 0.00349. The molecule has 0 spiro atoms. The Kier molecular flexibility index (Phi) is 5.16. The maximum atomic E-state index is 12.4. The molecule has 2 aromatic carbocycles. The van der Waals surface area contributed by atoms with Gasteiger partial charge in [-0.1, -0.05) is 31.2 Å². The Morgan fingerprint density at radius 1 is 1.07 bits per heavy atom. The lowest BCUT2D eigenvalue weighted by atomic mass is 10.2. The quantitative estimate of drug-likeness (QED) is 0.491. The molecular formula is C21H22N4OS. The molecule has 27 heavy (non-hydrogen) atoms. The third kappa shape index (κ3) is 3.85. The number of aryl methyl sites for hydroxylation is 2. The van der Waals surface area contributed by atoms with Gasteiger partial charge in [-0.15, -0.1) is 11.3 Å². The molecule has 0 aliphatic heterocycles. The van der Waals surface area contributed by atoms with E-state index >= 15 is 0 Å². The minimum Gasteiger partial charge on any atom is -0.310 e. The van der Waals surface area contributed by atoms with Gasteiger partial charge in [0, 0.05) is 13.0 Å². The standard InChI is InChI=1S/C21H22N4OS/c1-2-14-25-17-10-5-3-8-15(17)23-21(25)24-19(26)12-7-13-20-22-16-9-4-6-11-18(16)27-20/h3-6,8-11H,2,7,12-14H2,1H3,(H,23,24,26). The Morgan fingerprint density at radius 2 is 1.85 bits per heavy atom. The number of carbonyl (C=O) groups is 1. The molecular weight excluding hydrogens is 356 g/mol. The van der Waals surface area contributed by atoms with E-state index in [1.165, 1.54) is 4.70 Å². The van der Waals surface area contributed by atoms with Crippen LogP contribution in [0, 0.1) is 0 Å². The molecule has 0 saturated heterocycles. The zero-order valence-electron chi connectivity index (χ0n) is 15.3. The van der Waals surface area contributed by atoms with Crippen LogP contribution in [0.5, 0.6) is 0 Å². The Morgan fingerprint density at radius 3 is 2.67 bits per heavy atom. The van der Waals surface area contributed by atoms with E-state index in [0.717, 1.165) is 47.4 Å². The molecule has 4 aromatic rings. The molecule has 0 aliphatic carbocycles. The van der Waals surface area contributed by atoms with E-state index < -0.39 is 0 Å². The monoisotopic (exact) mass is 378 g/mol. The first-order valence-corrected chi connectivity index (χ1v) is 10.2. The van der Waals surface area contributed by atoms with Crippen molar-refractivity contribution in [1.29, 1.82) is 0 Å². The van der Waals surface area contributed by atoms with Crippen molar-refractivity contribution in [1.82, 2.24) is 14.5 Å². The molecule has 0 unspecified atom stereocenters. The van der Waals surface area contributed by atoms with Crippen LogP contribution in [0.2, 0.25) is 0 Å². The average molecular weight is 379 g/mol. The van der Waals surface area contributed by atoms with Gasteiger partial charge in [0.2, 0.25) is 11.9 Å². The topological polar surface area (TPSA) is 59.8 Å². The maximum Gasteiger partial charge on any atom is 0.226 e. The van der Waals surface area contributed by atoms with Gasteiger partial charge in [-0.2, -0.15) is 0 Å². The van der Waals surface area contributed by atoms with Crippen molar-refractivity contribution < 1.29 is 4.79 Å². The molecule has 138 valence electrons. The maximum absolute atomic E-state index is 12.4. The number of imidazole rings is 1. The van der Waals surface area contributed by atoms with Crippen molar-refractivity contribution in [2.24, 2.45) is 0 Å². The highest BCUT2D eigenvalue weighted by Crippen LogP contribution is 2.23. The minimum atomic E-state index is 0.00349. The van der Waals surface area contributed by atoms with Crippen LogP contribution in [0.15, 0.2) is 48.5 Å². The fraction of sp³-hybridized carbons (Fsp3) is 0.286. The van der Waals surface area contributed by atoms with Crippen molar-refractivity contribution in [3.05, 3.63) is 53.5 Å². The summed E-state index contributed by atoms with van der Waals surface area (Å²) in [4.78, 5) is 21.6. The molecule has 1 N–H and O–H groups in total. The van der Waals surface area contributed by atoms with E-state index in [2.05, 4.69) is 32.8 Å². The van der Waals surface area contributed by atoms with Crippen molar-refractivity contribution in [3.8, 4) is 0 Å². The number of hydrogen-bond donors (Lipinski definition) is 1. The molecule has 0 aliphatic rings. The van der Waals surface area contributed by atoms with Gasteiger partial charge < -0.3 is 4.57 Å². The zero-order valence-corrected chi connectivity index (χ0v) is 16.1. The van der Waals surface area contributed by atoms with Crippen LogP contribution in [0.4, 0.5) is 5.95 Å². The lowest BCUT2D eigenvalue weighted by molar-refractivity contribution is -0.116. The predicted octanol–water partition coefficient (Wildman–Crippen LogP) is 5.02. The van der Waals surface area contributed by atoms with E-state index in [1.54, 1.807) is 11.3 Å². The number of rotatable bonds is 7. The third-order valence-corrected chi connectivity index (χ3v) is 5.58. The van der Waals surface area contributed by atoms with Crippen molar-refractivity contribution in [2.45, 2.75) is 39.2 Å². The van der Waals surface area contributed by atoms with Gasteiger partial charge in [0.25, 0.3) is 0 Å². The van der Waals surface area contributed by atoms with Crippen LogP contribution in [0.1, 0.15) is 31.2 Å². The van der Waals surface area contributed by atoms with Crippen molar-refractivity contribution in [2.75, 3.05) is 5.32 Å². The Bertz CT molecular complexity index is 1050. The number of nitrogens with zero attached hydrogens (tertiary/aromatic N) is 3. The van der Waals surface area contributed by atoms with E-state index in [9.17, 15) is 4.79 Å². The summed E-state index contributed by atoms with van der Waals surface area (Å²) in [6.45, 7) is 2.96. The van der Waals surface area contributed by atoms with Crippen LogP contribution in [0.3, 0.4) is 0 Å². The SMILES string of the molecule is CCCn1c(NC(=O)CCCc2nc3ccccc3s2)nc2ccccc21. The van der Waals surface area contributed by atoms with Gasteiger partial charge in [0.1, 0.15) is 0 Å². The van der Waals surface area contributed by atoms with Crippen LogP contribution < -0.4 is 5.32 Å². The van der Waals surface area contributed by atoms with Gasteiger partial charge in [0.15, 0.2) is 0 Å². The van der Waals surface area contributed by atoms with Crippen LogP contribution >= 0.6 is 11.3 Å². The predicted molar refractivity (Wildman–Crippen MR) is 111 cm³/mol. The number of thiazole rings is 1. The van der Waals surface area contributed by atoms with E-state index in [1.807, 2.05) is 42.5 Å². The second kappa shape index (κ2) is 7.88. The molecule has 2 aromatic heterocycles. The van der Waals surface area contributed by atoms with E-state index in [-0.39, 0.29) is 5.91 Å². The summed E-state index contributed by atoms with van der Waals surface area (Å²) in [5, 5.41) is 4.08. The number of fused-ring (bicyclic) bond motifs is 2. The number of para-hydroxylation sites is 3. The Hall–Kier alpha value is -2.73. The summed E-state index contributed by atoms with van der Waals surface area (Å²) >= 11 is 1.71. The molecule has 6 heteroatoms. The highest BCUT2D eigenvalue weighted by Gasteiger charge is 2.13. The van der Waals surface area contributed by atoms with Crippen molar-refractivity contribution >= 4 is 44.4 Å². The molecule has 0 bridgehead atoms. The number of hydrogen-bond acceptors (Lipinski definition) is 4. The largest absolute Gasteiger partial charge is 0.310 e. The van der Waals surface area contributed by atoms with Gasteiger partial charge in [-0.25, -0.2) is 9.97 Å². The summed E-state index contributed by atoms with van der Waals surface area (Å²) in [5.41, 5.74) is 3.01. The Labute approximate surface area is 162 Å². The summed E-state index contributed by atoms with van der Waals surface area (Å²) in [6.07, 6.45) is 3.05. The zero-order chi connectivity index (χ0) is 18.6. The number of benzene rings is 2. The fourth-order valence-electron chi connectivity index (χ4n) is 3.24. The molecule has 0 fully saturated rings.